The molecular formula is C20H22N4O2S. The minimum absolute atomic E-state index is 0.117. The van der Waals surface area contributed by atoms with Crippen molar-refractivity contribution >= 4 is 34.7 Å². The maximum Gasteiger partial charge on any atom is 0.261 e. The van der Waals surface area contributed by atoms with Crippen LogP contribution in [0.2, 0.25) is 0 Å². The van der Waals surface area contributed by atoms with Crippen LogP contribution >= 0.6 is 12.2 Å². The summed E-state index contributed by atoms with van der Waals surface area (Å²) >= 11 is 5.15. The molecule has 0 fully saturated rings. The van der Waals surface area contributed by atoms with Crippen LogP contribution < -0.4 is 10.5 Å². The molecule has 7 heteroatoms. The minimum Gasteiger partial charge on any atom is -0.378 e. The molecule has 6 nitrogen and oxygen atoms in total. The Labute approximate surface area is 162 Å². The maximum absolute atomic E-state index is 12.8. The molecule has 0 unspecified atom stereocenters. The quantitative estimate of drug-likeness (QED) is 0.705. The van der Waals surface area contributed by atoms with E-state index in [1.54, 1.807) is 37.2 Å². The van der Waals surface area contributed by atoms with Gasteiger partial charge >= 0.3 is 0 Å². The number of benzene rings is 2. The molecule has 1 aromatic heterocycles. The van der Waals surface area contributed by atoms with Crippen molar-refractivity contribution in [3.63, 3.8) is 0 Å². The average Bonchev–Trinajstić information content (AvgIpc) is 2.65. The van der Waals surface area contributed by atoms with Crippen LogP contribution in [0.4, 0.5) is 5.69 Å². The van der Waals surface area contributed by atoms with Gasteiger partial charge in [-0.3, -0.25) is 14.2 Å². The van der Waals surface area contributed by atoms with Gasteiger partial charge in [-0.2, -0.15) is 0 Å². The Balaban J connectivity index is 1.85. The minimum atomic E-state index is -0.179. The van der Waals surface area contributed by atoms with Crippen molar-refractivity contribution in [2.45, 2.75) is 6.54 Å². The zero-order valence-electron chi connectivity index (χ0n) is 15.8. The first kappa shape index (κ1) is 18.8. The van der Waals surface area contributed by atoms with Crippen molar-refractivity contribution in [2.75, 3.05) is 26.0 Å². The number of nitrogens with one attached hydrogen (secondary N) is 1. The van der Waals surface area contributed by atoms with Gasteiger partial charge in [0.05, 0.1) is 10.9 Å². The van der Waals surface area contributed by atoms with Crippen LogP contribution in [0.3, 0.4) is 0 Å². The second kappa shape index (κ2) is 7.36. The van der Waals surface area contributed by atoms with Crippen molar-refractivity contribution in [1.29, 1.82) is 0 Å². The first-order valence-electron chi connectivity index (χ1n) is 8.52. The molecule has 1 N–H and O–H groups in total. The number of H-pyrrole nitrogens is 1. The summed E-state index contributed by atoms with van der Waals surface area (Å²) in [6, 6.07) is 13.1. The second-order valence-corrected chi connectivity index (χ2v) is 7.16. The number of hydrogen-bond acceptors (Lipinski definition) is 4. The number of carbonyl (C=O) groups excluding carboxylic acids is 1. The van der Waals surface area contributed by atoms with Gasteiger partial charge in [-0.15, -0.1) is 0 Å². The van der Waals surface area contributed by atoms with Crippen LogP contribution in [0.25, 0.3) is 10.9 Å². The Kier molecular flexibility index (Phi) is 5.14. The summed E-state index contributed by atoms with van der Waals surface area (Å²) < 4.78 is 1.70. The van der Waals surface area contributed by atoms with E-state index in [0.717, 1.165) is 11.3 Å². The number of amides is 1. The fraction of sp³-hybridized carbons (Fsp3) is 0.250. The molecular weight excluding hydrogens is 360 g/mol. The third-order valence-electron chi connectivity index (χ3n) is 4.57. The highest BCUT2D eigenvalue weighted by Gasteiger charge is 2.14. The predicted molar refractivity (Wildman–Crippen MR) is 111 cm³/mol. The number of rotatable bonds is 4. The Hall–Kier alpha value is -2.93. The van der Waals surface area contributed by atoms with Crippen molar-refractivity contribution in [1.82, 2.24) is 14.5 Å². The molecule has 1 amide bonds. The molecule has 0 spiro atoms. The third kappa shape index (κ3) is 3.78. The average molecular weight is 382 g/mol. The fourth-order valence-electron chi connectivity index (χ4n) is 2.90. The highest BCUT2D eigenvalue weighted by Crippen LogP contribution is 2.16. The van der Waals surface area contributed by atoms with E-state index in [4.69, 9.17) is 12.2 Å². The number of hydrogen-bond donors (Lipinski definition) is 1. The van der Waals surface area contributed by atoms with E-state index < -0.39 is 0 Å². The number of carbonyl (C=O) groups is 1. The van der Waals surface area contributed by atoms with Gasteiger partial charge in [-0.25, -0.2) is 0 Å². The van der Waals surface area contributed by atoms with Gasteiger partial charge in [-0.1, -0.05) is 12.1 Å². The van der Waals surface area contributed by atoms with Crippen molar-refractivity contribution in [3.05, 3.63) is 68.7 Å². The maximum atomic E-state index is 12.8. The van der Waals surface area contributed by atoms with Gasteiger partial charge in [0.25, 0.3) is 11.5 Å². The molecule has 0 aliphatic carbocycles. The van der Waals surface area contributed by atoms with Crippen molar-refractivity contribution in [2.24, 2.45) is 7.05 Å². The zero-order chi connectivity index (χ0) is 19.7. The number of aromatic nitrogens is 2. The number of anilines is 1. The first-order valence-corrected chi connectivity index (χ1v) is 8.93. The van der Waals surface area contributed by atoms with Crippen LogP contribution in [-0.2, 0) is 13.6 Å². The monoisotopic (exact) mass is 382 g/mol. The molecule has 140 valence electrons. The molecule has 3 rings (SSSR count). The normalized spacial score (nSPS) is 10.8. The first-order chi connectivity index (χ1) is 12.8. The Morgan fingerprint density at radius 3 is 2.41 bits per heavy atom. The standard InChI is InChI=1S/C20H22N4O2S/c1-22(2)15-8-5-13(6-9-15)12-23(3)18(25)14-7-10-16-17(11-14)21-20(27)24(4)19(16)26/h5-11H,12H2,1-4H3,(H,21,27). The van der Waals surface area contributed by atoms with E-state index in [9.17, 15) is 9.59 Å². The lowest BCUT2D eigenvalue weighted by Crippen LogP contribution is -2.26. The summed E-state index contributed by atoms with van der Waals surface area (Å²) in [5, 5.41) is 0.504. The van der Waals surface area contributed by atoms with Crippen LogP contribution in [-0.4, -0.2) is 41.5 Å². The van der Waals surface area contributed by atoms with Gasteiger partial charge < -0.3 is 14.8 Å². The van der Waals surface area contributed by atoms with Crippen LogP contribution in [0.15, 0.2) is 47.3 Å². The van der Waals surface area contributed by atoms with Gasteiger partial charge in [0, 0.05) is 46.0 Å². The summed E-state index contributed by atoms with van der Waals surface area (Å²) in [5.74, 6) is -0.117. The molecule has 2 aromatic carbocycles. The Morgan fingerprint density at radius 2 is 1.78 bits per heavy atom. The summed E-state index contributed by atoms with van der Waals surface area (Å²) in [4.78, 5) is 31.7. The van der Waals surface area contributed by atoms with Gasteiger partial charge in [-0.05, 0) is 48.1 Å². The predicted octanol–water partition coefficient (Wildman–Crippen LogP) is 2.93. The number of aromatic amines is 1. The second-order valence-electron chi connectivity index (χ2n) is 6.78. The molecule has 0 radical (unpaired) electrons. The Bertz CT molecular complexity index is 1110. The van der Waals surface area contributed by atoms with E-state index in [0.29, 0.717) is 27.8 Å². The van der Waals surface area contributed by atoms with Crippen LogP contribution in [0.5, 0.6) is 0 Å². The lowest BCUT2D eigenvalue weighted by Gasteiger charge is -2.19. The fourth-order valence-corrected chi connectivity index (χ4v) is 3.10. The van der Waals surface area contributed by atoms with Gasteiger partial charge in [0.2, 0.25) is 0 Å². The summed E-state index contributed by atoms with van der Waals surface area (Å²) in [6.07, 6.45) is 0. The lowest BCUT2D eigenvalue weighted by atomic mass is 10.1. The van der Waals surface area contributed by atoms with Crippen LogP contribution in [0.1, 0.15) is 15.9 Å². The Morgan fingerprint density at radius 1 is 1.11 bits per heavy atom. The molecule has 0 bridgehead atoms. The molecule has 27 heavy (non-hydrogen) atoms. The summed E-state index contributed by atoms with van der Waals surface area (Å²) in [6.45, 7) is 0.497. The van der Waals surface area contributed by atoms with Gasteiger partial charge in [0.15, 0.2) is 4.77 Å². The highest BCUT2D eigenvalue weighted by atomic mass is 32.1. The topological polar surface area (TPSA) is 61.3 Å². The number of fused-ring (bicyclic) bond motifs is 1. The highest BCUT2D eigenvalue weighted by molar-refractivity contribution is 7.71. The summed E-state index contributed by atoms with van der Waals surface area (Å²) in [5.41, 5.74) is 3.05. The van der Waals surface area contributed by atoms with Gasteiger partial charge in [0.1, 0.15) is 0 Å². The van der Waals surface area contributed by atoms with E-state index in [1.807, 2.05) is 43.3 Å². The molecule has 0 saturated carbocycles. The number of nitrogens with zero attached hydrogens (tertiary/aromatic N) is 3. The lowest BCUT2D eigenvalue weighted by molar-refractivity contribution is 0.0785. The molecule has 3 aromatic rings. The smallest absolute Gasteiger partial charge is 0.261 e. The zero-order valence-corrected chi connectivity index (χ0v) is 16.6. The van der Waals surface area contributed by atoms with Crippen LogP contribution in [0, 0.1) is 4.77 Å². The summed E-state index contributed by atoms with van der Waals surface area (Å²) in [7, 11) is 7.36. The molecule has 0 saturated heterocycles. The molecule has 0 aliphatic rings. The van der Waals surface area contributed by atoms with Crippen molar-refractivity contribution < 1.29 is 4.79 Å². The molecule has 1 heterocycles. The molecule has 0 aliphatic heterocycles. The SMILES string of the molecule is CN(Cc1ccc(N(C)C)cc1)C(=O)c1ccc2c(=O)n(C)c(=S)[nH]c2c1. The molecule has 0 atom stereocenters. The van der Waals surface area contributed by atoms with E-state index >= 15 is 0 Å². The van der Waals surface area contributed by atoms with E-state index in [1.165, 1.54) is 4.57 Å². The largest absolute Gasteiger partial charge is 0.378 e. The van der Waals surface area contributed by atoms with E-state index in [-0.39, 0.29) is 11.5 Å². The van der Waals surface area contributed by atoms with Crippen molar-refractivity contribution in [3.8, 4) is 0 Å². The van der Waals surface area contributed by atoms with E-state index in [2.05, 4.69) is 4.98 Å². The third-order valence-corrected chi connectivity index (χ3v) is 4.94.